The topological polar surface area (TPSA) is 88.1 Å². The van der Waals surface area contributed by atoms with Crippen molar-refractivity contribution in [1.29, 1.82) is 0 Å². The van der Waals surface area contributed by atoms with Crippen LogP contribution in [0.25, 0.3) is 0 Å². The molecule has 0 saturated carbocycles. The van der Waals surface area contributed by atoms with E-state index in [-0.39, 0.29) is 17.7 Å². The Hall–Kier alpha value is -2.87. The van der Waals surface area contributed by atoms with Crippen molar-refractivity contribution >= 4 is 27.3 Å². The molecule has 7 nitrogen and oxygen atoms in total. The number of carbonyl (C=O) groups is 1. The molecule has 0 unspecified atom stereocenters. The molecule has 0 radical (unpaired) electrons. The second-order valence-corrected chi connectivity index (χ2v) is 8.92. The van der Waals surface area contributed by atoms with Crippen LogP contribution in [0.2, 0.25) is 0 Å². The molecule has 30 heavy (non-hydrogen) atoms. The van der Waals surface area contributed by atoms with Crippen LogP contribution in [0.1, 0.15) is 50.8 Å². The van der Waals surface area contributed by atoms with Gasteiger partial charge in [-0.1, -0.05) is 37.3 Å². The van der Waals surface area contributed by atoms with E-state index in [0.717, 1.165) is 22.6 Å². The smallest absolute Gasteiger partial charge is 0.242 e. The first-order chi connectivity index (χ1) is 14.4. The molecule has 3 rings (SSSR count). The molecule has 8 heteroatoms. The zero-order valence-corrected chi connectivity index (χ0v) is 18.3. The van der Waals surface area contributed by atoms with E-state index in [4.69, 9.17) is 4.74 Å². The van der Waals surface area contributed by atoms with E-state index in [1.54, 1.807) is 24.1 Å². The summed E-state index contributed by atoms with van der Waals surface area (Å²) in [7, 11) is -3.33. The lowest BCUT2D eigenvalue weighted by atomic mass is 9.97. The molecule has 1 N–H and O–H groups in total. The van der Waals surface area contributed by atoms with Gasteiger partial charge in [0.05, 0.1) is 24.1 Å². The fraction of sp³-hybridized carbons (Fsp3) is 0.364. The molecule has 0 aromatic heterocycles. The van der Waals surface area contributed by atoms with Crippen LogP contribution >= 0.6 is 0 Å². The van der Waals surface area contributed by atoms with Gasteiger partial charge >= 0.3 is 0 Å². The number of hydrazone groups is 1. The van der Waals surface area contributed by atoms with Crippen LogP contribution in [0.15, 0.2) is 53.6 Å². The summed E-state index contributed by atoms with van der Waals surface area (Å²) in [4.78, 5) is 12.6. The molecule has 1 aliphatic heterocycles. The molecule has 0 fully saturated rings. The molecule has 1 heterocycles. The van der Waals surface area contributed by atoms with Crippen molar-refractivity contribution in [3.05, 3.63) is 59.7 Å². The average Bonchev–Trinajstić information content (AvgIpc) is 3.19. The first kappa shape index (κ1) is 21.8. The summed E-state index contributed by atoms with van der Waals surface area (Å²) in [5, 5.41) is 6.16. The molecular weight excluding hydrogens is 402 g/mol. The van der Waals surface area contributed by atoms with Gasteiger partial charge in [-0.2, -0.15) is 5.10 Å². The molecule has 1 atom stereocenters. The Morgan fingerprint density at radius 2 is 1.83 bits per heavy atom. The highest BCUT2D eigenvalue weighted by molar-refractivity contribution is 7.92. The van der Waals surface area contributed by atoms with Gasteiger partial charge in [0.1, 0.15) is 5.75 Å². The van der Waals surface area contributed by atoms with Gasteiger partial charge in [0, 0.05) is 24.1 Å². The zero-order valence-electron chi connectivity index (χ0n) is 17.5. The molecular formula is C22H27N3O4S. The van der Waals surface area contributed by atoms with Crippen LogP contribution in [-0.2, 0) is 14.8 Å². The molecule has 0 aliphatic carbocycles. The lowest BCUT2D eigenvalue weighted by molar-refractivity contribution is -0.132. The maximum Gasteiger partial charge on any atom is 0.242 e. The van der Waals surface area contributed by atoms with Gasteiger partial charge in [-0.05, 0) is 37.6 Å². The Balaban J connectivity index is 1.89. The van der Waals surface area contributed by atoms with Gasteiger partial charge in [0.25, 0.3) is 0 Å². The van der Waals surface area contributed by atoms with E-state index < -0.39 is 10.0 Å². The maximum absolute atomic E-state index is 12.6. The number of hydrogen-bond acceptors (Lipinski definition) is 5. The standard InChI is InChI=1S/C22H27N3O4S/c1-4-22(26)25-20(18-9-7-8-10-21(18)29-5-2)15-19(23-25)16-11-13-17(14-12-16)24-30(27,28)6-3/h7-14,20,24H,4-6,15H2,1-3H3/t20-/m1/s1. The SMILES string of the molecule is CCOc1ccccc1[C@H]1CC(c2ccc(NS(=O)(=O)CC)cc2)=NN1C(=O)CC. The van der Waals surface area contributed by atoms with Gasteiger partial charge in [-0.25, -0.2) is 13.4 Å². The van der Waals surface area contributed by atoms with Gasteiger partial charge in [-0.3, -0.25) is 9.52 Å². The summed E-state index contributed by atoms with van der Waals surface area (Å²) in [5.41, 5.74) is 3.05. The summed E-state index contributed by atoms with van der Waals surface area (Å²) < 4.78 is 31.8. The zero-order chi connectivity index (χ0) is 21.7. The lowest BCUT2D eigenvalue weighted by Crippen LogP contribution is -2.26. The van der Waals surface area contributed by atoms with Crippen LogP contribution < -0.4 is 9.46 Å². The predicted octanol–water partition coefficient (Wildman–Crippen LogP) is 3.93. The normalized spacial score (nSPS) is 16.3. The summed E-state index contributed by atoms with van der Waals surface area (Å²) in [6.07, 6.45) is 0.900. The quantitative estimate of drug-likeness (QED) is 0.689. The third kappa shape index (κ3) is 4.81. The molecule has 2 aromatic carbocycles. The molecule has 0 bridgehead atoms. The van der Waals surface area contributed by atoms with Crippen LogP contribution in [0.4, 0.5) is 5.69 Å². The number of nitrogens with one attached hydrogen (secondary N) is 1. The van der Waals surface area contributed by atoms with Gasteiger partial charge in [0.2, 0.25) is 15.9 Å². The second-order valence-electron chi connectivity index (χ2n) is 6.91. The van der Waals surface area contributed by atoms with Crippen molar-refractivity contribution in [2.24, 2.45) is 5.10 Å². The minimum Gasteiger partial charge on any atom is -0.494 e. The Labute approximate surface area is 177 Å². The first-order valence-electron chi connectivity index (χ1n) is 10.1. The lowest BCUT2D eigenvalue weighted by Gasteiger charge is -2.23. The Morgan fingerprint density at radius 1 is 1.13 bits per heavy atom. The van der Waals surface area contributed by atoms with Crippen molar-refractivity contribution in [2.45, 2.75) is 39.7 Å². The van der Waals surface area contributed by atoms with E-state index >= 15 is 0 Å². The number of rotatable bonds is 8. The van der Waals surface area contributed by atoms with Crippen LogP contribution in [-0.4, -0.2) is 37.4 Å². The third-order valence-corrected chi connectivity index (χ3v) is 6.22. The largest absolute Gasteiger partial charge is 0.494 e. The fourth-order valence-corrected chi connectivity index (χ4v) is 3.98. The number of amides is 1. The predicted molar refractivity (Wildman–Crippen MR) is 118 cm³/mol. The number of carbonyl (C=O) groups excluding carboxylic acids is 1. The van der Waals surface area contributed by atoms with Crippen molar-refractivity contribution in [2.75, 3.05) is 17.1 Å². The van der Waals surface area contributed by atoms with Crippen molar-refractivity contribution in [3.8, 4) is 5.75 Å². The van der Waals surface area contributed by atoms with E-state index in [9.17, 15) is 13.2 Å². The van der Waals surface area contributed by atoms with Crippen molar-refractivity contribution in [3.63, 3.8) is 0 Å². The van der Waals surface area contributed by atoms with E-state index in [1.165, 1.54) is 0 Å². The van der Waals surface area contributed by atoms with E-state index in [1.807, 2.05) is 50.2 Å². The number of benzene rings is 2. The number of sulfonamides is 1. The van der Waals surface area contributed by atoms with Gasteiger partial charge < -0.3 is 4.74 Å². The minimum atomic E-state index is -3.33. The van der Waals surface area contributed by atoms with E-state index in [2.05, 4.69) is 9.82 Å². The monoisotopic (exact) mass is 429 g/mol. The average molecular weight is 430 g/mol. The fourth-order valence-electron chi connectivity index (χ4n) is 3.34. The Bertz CT molecular complexity index is 1030. The Morgan fingerprint density at radius 3 is 2.47 bits per heavy atom. The van der Waals surface area contributed by atoms with Crippen LogP contribution in [0, 0.1) is 0 Å². The molecule has 0 spiro atoms. The Kier molecular flexibility index (Phi) is 6.77. The highest BCUT2D eigenvalue weighted by Gasteiger charge is 2.34. The van der Waals surface area contributed by atoms with Gasteiger partial charge in [-0.15, -0.1) is 0 Å². The molecule has 2 aromatic rings. The minimum absolute atomic E-state index is 0.0104. The number of hydrogen-bond donors (Lipinski definition) is 1. The first-order valence-corrected chi connectivity index (χ1v) is 11.8. The highest BCUT2D eigenvalue weighted by atomic mass is 32.2. The molecule has 1 amide bonds. The number of anilines is 1. The number of nitrogens with zero attached hydrogens (tertiary/aromatic N) is 2. The number of ether oxygens (including phenoxy) is 1. The summed E-state index contributed by atoms with van der Waals surface area (Å²) in [6.45, 7) is 5.87. The van der Waals surface area contributed by atoms with Crippen LogP contribution in [0.3, 0.4) is 0 Å². The summed E-state index contributed by atoms with van der Waals surface area (Å²) in [6, 6.07) is 14.5. The summed E-state index contributed by atoms with van der Waals surface area (Å²) >= 11 is 0. The van der Waals surface area contributed by atoms with Crippen LogP contribution in [0.5, 0.6) is 5.75 Å². The molecule has 0 saturated heterocycles. The number of para-hydroxylation sites is 1. The molecule has 1 aliphatic rings. The summed E-state index contributed by atoms with van der Waals surface area (Å²) in [5.74, 6) is 0.699. The van der Waals surface area contributed by atoms with E-state index in [0.29, 0.717) is 25.1 Å². The van der Waals surface area contributed by atoms with Gasteiger partial charge in [0.15, 0.2) is 0 Å². The highest BCUT2D eigenvalue weighted by Crippen LogP contribution is 2.37. The third-order valence-electron chi connectivity index (χ3n) is 4.92. The molecule has 160 valence electrons. The maximum atomic E-state index is 12.6. The van der Waals surface area contributed by atoms with Crippen molar-refractivity contribution in [1.82, 2.24) is 5.01 Å². The van der Waals surface area contributed by atoms with Crippen molar-refractivity contribution < 1.29 is 17.9 Å². The second kappa shape index (κ2) is 9.30.